The molecule has 128 valence electrons. The van der Waals surface area contributed by atoms with Crippen LogP contribution in [0.5, 0.6) is 5.75 Å². The zero-order valence-electron chi connectivity index (χ0n) is 13.6. The Kier molecular flexibility index (Phi) is 5.09. The first-order chi connectivity index (χ1) is 11.6. The highest BCUT2D eigenvalue weighted by atomic mass is 35.5. The molecule has 1 heterocycles. The van der Waals surface area contributed by atoms with E-state index in [4.69, 9.17) is 21.4 Å². The number of carboxylic acids is 1. The van der Waals surface area contributed by atoms with Crippen molar-refractivity contribution in [2.75, 3.05) is 6.61 Å². The van der Waals surface area contributed by atoms with Gasteiger partial charge in [0.15, 0.2) is 0 Å². The molecule has 0 aliphatic heterocycles. The van der Waals surface area contributed by atoms with E-state index in [1.807, 2.05) is 31.3 Å². The second kappa shape index (κ2) is 7.26. The summed E-state index contributed by atoms with van der Waals surface area (Å²) in [5, 5.41) is 9.71. The largest absolute Gasteiger partial charge is 0.492 e. The van der Waals surface area contributed by atoms with E-state index in [-0.39, 0.29) is 12.0 Å². The summed E-state index contributed by atoms with van der Waals surface area (Å²) < 4.78 is 7.62. The van der Waals surface area contributed by atoms with Crippen molar-refractivity contribution < 1.29 is 14.6 Å². The zero-order chi connectivity index (χ0) is 17.1. The van der Waals surface area contributed by atoms with Gasteiger partial charge in [-0.05, 0) is 50.8 Å². The lowest BCUT2D eigenvalue weighted by atomic mass is 9.86. The Hall–Kier alpha value is -2.01. The summed E-state index contributed by atoms with van der Waals surface area (Å²) in [6, 6.07) is 5.97. The van der Waals surface area contributed by atoms with E-state index < -0.39 is 5.97 Å². The minimum Gasteiger partial charge on any atom is -0.492 e. The number of hydrogen-bond acceptors (Lipinski definition) is 3. The molecule has 0 amide bonds. The van der Waals surface area contributed by atoms with Crippen LogP contribution in [0.1, 0.15) is 38.6 Å². The summed E-state index contributed by atoms with van der Waals surface area (Å²) in [6.07, 6.45) is 6.87. The van der Waals surface area contributed by atoms with Crippen LogP contribution < -0.4 is 4.74 Å². The molecule has 3 rings (SSSR count). The summed E-state index contributed by atoms with van der Waals surface area (Å²) in [5.74, 6) is 0.632. The Bertz CT molecular complexity index is 721. The normalized spacial score (nSPS) is 20.8. The first-order valence-electron chi connectivity index (χ1n) is 8.28. The van der Waals surface area contributed by atoms with Crippen LogP contribution in [0.2, 0.25) is 5.02 Å². The van der Waals surface area contributed by atoms with Crippen LogP contribution in [0.3, 0.4) is 0 Å². The van der Waals surface area contributed by atoms with Crippen molar-refractivity contribution in [1.29, 1.82) is 0 Å². The van der Waals surface area contributed by atoms with Gasteiger partial charge in [-0.25, -0.2) is 4.98 Å². The molecule has 1 aromatic carbocycles. The van der Waals surface area contributed by atoms with Crippen molar-refractivity contribution in [3.8, 4) is 17.1 Å². The Morgan fingerprint density at radius 1 is 1.38 bits per heavy atom. The predicted octanol–water partition coefficient (Wildman–Crippen LogP) is 4.42. The van der Waals surface area contributed by atoms with Crippen LogP contribution in [-0.2, 0) is 4.79 Å². The topological polar surface area (TPSA) is 64.4 Å². The first kappa shape index (κ1) is 16.8. The fourth-order valence-electron chi connectivity index (χ4n) is 3.34. The van der Waals surface area contributed by atoms with Crippen LogP contribution in [0.15, 0.2) is 30.6 Å². The van der Waals surface area contributed by atoms with Crippen molar-refractivity contribution >= 4 is 17.6 Å². The molecule has 24 heavy (non-hydrogen) atoms. The van der Waals surface area contributed by atoms with Gasteiger partial charge in [0.25, 0.3) is 0 Å². The number of ether oxygens (including phenoxy) is 1. The van der Waals surface area contributed by atoms with Crippen LogP contribution in [0.4, 0.5) is 0 Å². The number of imidazole rings is 1. The SMILES string of the molecule is CCOc1ccc(-c2nccn2C2CCC(C(=O)O)CC2)cc1Cl. The summed E-state index contributed by atoms with van der Waals surface area (Å²) >= 11 is 6.29. The van der Waals surface area contributed by atoms with Gasteiger partial charge < -0.3 is 14.4 Å². The van der Waals surface area contributed by atoms with Gasteiger partial charge in [0.1, 0.15) is 11.6 Å². The number of benzene rings is 1. The molecule has 1 saturated carbocycles. The third-order valence-electron chi connectivity index (χ3n) is 4.60. The Balaban J connectivity index is 1.81. The van der Waals surface area contributed by atoms with Crippen molar-refractivity contribution in [3.05, 3.63) is 35.6 Å². The number of carboxylic acid groups (broad SMARTS) is 1. The smallest absolute Gasteiger partial charge is 0.306 e. The molecule has 0 atom stereocenters. The molecule has 1 aromatic heterocycles. The van der Waals surface area contributed by atoms with E-state index in [1.165, 1.54) is 0 Å². The number of rotatable bonds is 5. The molecule has 1 aliphatic carbocycles. The van der Waals surface area contributed by atoms with Gasteiger partial charge in [-0.2, -0.15) is 0 Å². The number of halogens is 1. The molecular weight excluding hydrogens is 328 g/mol. The monoisotopic (exact) mass is 348 g/mol. The van der Waals surface area contributed by atoms with Gasteiger partial charge in [0.2, 0.25) is 0 Å². The minimum atomic E-state index is -0.683. The Morgan fingerprint density at radius 3 is 2.75 bits per heavy atom. The molecule has 1 N–H and O–H groups in total. The molecule has 1 fully saturated rings. The molecule has 0 saturated heterocycles. The lowest BCUT2D eigenvalue weighted by Crippen LogP contribution is -2.23. The number of aliphatic carboxylic acids is 1. The molecule has 0 bridgehead atoms. The van der Waals surface area contributed by atoms with E-state index in [1.54, 1.807) is 6.20 Å². The molecule has 6 heteroatoms. The predicted molar refractivity (Wildman–Crippen MR) is 92.5 cm³/mol. The first-order valence-corrected chi connectivity index (χ1v) is 8.66. The molecule has 5 nitrogen and oxygen atoms in total. The maximum atomic E-state index is 11.1. The number of nitrogens with zero attached hydrogens (tertiary/aromatic N) is 2. The van der Waals surface area contributed by atoms with E-state index in [0.717, 1.165) is 24.2 Å². The second-order valence-electron chi connectivity index (χ2n) is 6.08. The van der Waals surface area contributed by atoms with Gasteiger partial charge in [-0.1, -0.05) is 11.6 Å². The van der Waals surface area contributed by atoms with Gasteiger partial charge in [0, 0.05) is 24.0 Å². The summed E-state index contributed by atoms with van der Waals surface area (Å²) in [7, 11) is 0. The third kappa shape index (κ3) is 3.41. The van der Waals surface area contributed by atoms with Crippen LogP contribution in [0, 0.1) is 5.92 Å². The van der Waals surface area contributed by atoms with E-state index in [0.29, 0.717) is 30.2 Å². The fraction of sp³-hybridized carbons (Fsp3) is 0.444. The van der Waals surface area contributed by atoms with Crippen molar-refractivity contribution in [2.45, 2.75) is 38.6 Å². The highest BCUT2D eigenvalue weighted by molar-refractivity contribution is 6.32. The van der Waals surface area contributed by atoms with Crippen molar-refractivity contribution in [3.63, 3.8) is 0 Å². The third-order valence-corrected chi connectivity index (χ3v) is 4.89. The number of carbonyl (C=O) groups is 1. The average molecular weight is 349 g/mol. The molecule has 0 spiro atoms. The second-order valence-corrected chi connectivity index (χ2v) is 6.49. The molecule has 2 aromatic rings. The van der Waals surface area contributed by atoms with Crippen LogP contribution in [0.25, 0.3) is 11.4 Å². The maximum absolute atomic E-state index is 11.1. The zero-order valence-corrected chi connectivity index (χ0v) is 14.4. The van der Waals surface area contributed by atoms with Gasteiger partial charge in [0.05, 0.1) is 17.5 Å². The molecule has 1 aliphatic rings. The Labute approximate surface area is 146 Å². The summed E-state index contributed by atoms with van der Waals surface area (Å²) in [4.78, 5) is 15.6. The number of aromatic nitrogens is 2. The van der Waals surface area contributed by atoms with Gasteiger partial charge in [-0.3, -0.25) is 4.79 Å². The highest BCUT2D eigenvalue weighted by Crippen LogP contribution is 2.36. The number of hydrogen-bond donors (Lipinski definition) is 1. The van der Waals surface area contributed by atoms with E-state index in [2.05, 4.69) is 9.55 Å². The fourth-order valence-corrected chi connectivity index (χ4v) is 3.58. The summed E-state index contributed by atoms with van der Waals surface area (Å²) in [6.45, 7) is 2.49. The molecular formula is C18H21ClN2O3. The molecule has 0 radical (unpaired) electrons. The van der Waals surface area contributed by atoms with Crippen molar-refractivity contribution in [2.24, 2.45) is 5.92 Å². The van der Waals surface area contributed by atoms with Gasteiger partial charge in [-0.15, -0.1) is 0 Å². The van der Waals surface area contributed by atoms with E-state index >= 15 is 0 Å². The van der Waals surface area contributed by atoms with E-state index in [9.17, 15) is 4.79 Å². The lowest BCUT2D eigenvalue weighted by Gasteiger charge is -2.28. The standard InChI is InChI=1S/C18H21ClN2O3/c1-2-24-16-8-5-13(11-15(16)19)17-20-9-10-21(17)14-6-3-12(4-7-14)18(22)23/h5,8-12,14H,2-4,6-7H2,1H3,(H,22,23). The quantitative estimate of drug-likeness (QED) is 0.868. The minimum absolute atomic E-state index is 0.215. The highest BCUT2D eigenvalue weighted by Gasteiger charge is 2.27. The Morgan fingerprint density at radius 2 is 2.12 bits per heavy atom. The lowest BCUT2D eigenvalue weighted by molar-refractivity contribution is -0.143. The van der Waals surface area contributed by atoms with Crippen molar-refractivity contribution in [1.82, 2.24) is 9.55 Å². The van der Waals surface area contributed by atoms with Crippen LogP contribution in [-0.4, -0.2) is 27.2 Å². The average Bonchev–Trinajstić information content (AvgIpc) is 3.06. The van der Waals surface area contributed by atoms with Gasteiger partial charge >= 0.3 is 5.97 Å². The molecule has 0 unspecified atom stereocenters. The summed E-state index contributed by atoms with van der Waals surface area (Å²) in [5.41, 5.74) is 0.939. The van der Waals surface area contributed by atoms with Crippen LogP contribution >= 0.6 is 11.6 Å². The maximum Gasteiger partial charge on any atom is 0.306 e.